The lowest BCUT2D eigenvalue weighted by Crippen LogP contribution is -2.30. The summed E-state index contributed by atoms with van der Waals surface area (Å²) in [7, 11) is 4.06. The van der Waals surface area contributed by atoms with Gasteiger partial charge in [0.1, 0.15) is 6.61 Å². The lowest BCUT2D eigenvalue weighted by Gasteiger charge is -2.22. The van der Waals surface area contributed by atoms with Crippen LogP contribution in [-0.2, 0) is 28.6 Å². The molecular formula is C59H120N2O6. The van der Waals surface area contributed by atoms with Crippen LogP contribution >= 0.6 is 0 Å². The van der Waals surface area contributed by atoms with E-state index in [1.54, 1.807) is 0 Å². The highest BCUT2D eigenvalue weighted by Gasteiger charge is 2.19. The molecule has 0 bridgehead atoms. The van der Waals surface area contributed by atoms with E-state index in [0.717, 1.165) is 103 Å². The number of nitrogens with zero attached hydrogens (tertiary/aromatic N) is 2. The standard InChI is InChI=1S/C51H100N2O6.C6H14.C2H6/c1-6-9-12-15-18-24-31-39-49(54)57-45-34-27-21-17-19-25-32-42-53(44-47-58-50(55)40-36-41-52(4)5)43-33-26-20-22-28-35-46-59-51(56)48(37-29-14-11-8-3)38-30-23-16-13-10-7-2;1-3-5-6-4-2;1-2/h48H,6-47H2,1-5H3;3-6H2,1-2H3;1-2H3. The van der Waals surface area contributed by atoms with E-state index in [0.29, 0.717) is 32.7 Å². The van der Waals surface area contributed by atoms with E-state index >= 15 is 0 Å². The second-order valence-corrected chi connectivity index (χ2v) is 19.6. The summed E-state index contributed by atoms with van der Waals surface area (Å²) in [5.74, 6) is 0.0388. The van der Waals surface area contributed by atoms with Crippen molar-refractivity contribution in [2.45, 2.75) is 299 Å². The zero-order chi connectivity index (χ0) is 50.1. The summed E-state index contributed by atoms with van der Waals surface area (Å²) in [6.07, 6.45) is 45.4. The average molecular weight is 954 g/mol. The number of unbranched alkanes of at least 4 members (excludes halogenated alkanes) is 28. The fourth-order valence-electron chi connectivity index (χ4n) is 8.35. The summed E-state index contributed by atoms with van der Waals surface area (Å²) < 4.78 is 16.9. The Bertz CT molecular complexity index is 974. The van der Waals surface area contributed by atoms with Gasteiger partial charge in [-0.05, 0) is 85.1 Å². The average Bonchev–Trinajstić information content (AvgIpc) is 3.32. The molecule has 0 aromatic carbocycles. The topological polar surface area (TPSA) is 85.4 Å². The van der Waals surface area contributed by atoms with Crippen LogP contribution in [-0.4, -0.2) is 87.8 Å². The molecule has 1 atom stereocenters. The summed E-state index contributed by atoms with van der Waals surface area (Å²) in [6.45, 7) is 20.6. The molecule has 402 valence electrons. The minimum absolute atomic E-state index is 0.0212. The zero-order valence-corrected chi connectivity index (χ0v) is 46.9. The molecule has 0 heterocycles. The van der Waals surface area contributed by atoms with Gasteiger partial charge >= 0.3 is 17.9 Å². The third-order valence-electron chi connectivity index (χ3n) is 12.7. The van der Waals surface area contributed by atoms with Crippen LogP contribution in [0.2, 0.25) is 0 Å². The summed E-state index contributed by atoms with van der Waals surface area (Å²) in [4.78, 5) is 41.8. The Balaban J connectivity index is -0.00000470. The van der Waals surface area contributed by atoms with E-state index in [2.05, 4.69) is 44.4 Å². The monoisotopic (exact) mass is 953 g/mol. The number of rotatable bonds is 50. The molecule has 0 aliphatic heterocycles. The Morgan fingerprint density at radius 2 is 0.672 bits per heavy atom. The zero-order valence-electron chi connectivity index (χ0n) is 46.9. The molecule has 0 amide bonds. The molecular weight excluding hydrogens is 833 g/mol. The molecule has 0 aliphatic rings. The van der Waals surface area contributed by atoms with Crippen LogP contribution in [0, 0.1) is 5.92 Å². The molecule has 0 aromatic rings. The van der Waals surface area contributed by atoms with Gasteiger partial charge in [0.15, 0.2) is 0 Å². The molecule has 0 rings (SSSR count). The highest BCUT2D eigenvalue weighted by atomic mass is 16.5. The van der Waals surface area contributed by atoms with Crippen molar-refractivity contribution in [1.29, 1.82) is 0 Å². The van der Waals surface area contributed by atoms with Crippen molar-refractivity contribution in [1.82, 2.24) is 9.80 Å². The van der Waals surface area contributed by atoms with E-state index < -0.39 is 0 Å². The normalized spacial score (nSPS) is 11.5. The minimum Gasteiger partial charge on any atom is -0.466 e. The van der Waals surface area contributed by atoms with E-state index in [1.165, 1.54) is 161 Å². The molecule has 1 unspecified atom stereocenters. The summed E-state index contributed by atoms with van der Waals surface area (Å²) in [5.41, 5.74) is 0. The van der Waals surface area contributed by atoms with Crippen molar-refractivity contribution >= 4 is 17.9 Å². The number of hydrogen-bond donors (Lipinski definition) is 0. The summed E-state index contributed by atoms with van der Waals surface area (Å²) in [6, 6.07) is 0. The number of esters is 3. The van der Waals surface area contributed by atoms with Gasteiger partial charge in [-0.15, -0.1) is 0 Å². The molecule has 0 saturated heterocycles. The van der Waals surface area contributed by atoms with Crippen LogP contribution in [0.5, 0.6) is 0 Å². The Morgan fingerprint density at radius 1 is 0.343 bits per heavy atom. The van der Waals surface area contributed by atoms with Gasteiger partial charge in [-0.2, -0.15) is 0 Å². The Hall–Kier alpha value is -1.67. The fraction of sp³-hybridized carbons (Fsp3) is 0.949. The lowest BCUT2D eigenvalue weighted by atomic mass is 9.94. The van der Waals surface area contributed by atoms with Gasteiger partial charge in [0.25, 0.3) is 0 Å². The maximum absolute atomic E-state index is 13.0. The van der Waals surface area contributed by atoms with Gasteiger partial charge in [-0.25, -0.2) is 0 Å². The van der Waals surface area contributed by atoms with Crippen molar-refractivity contribution in [3.63, 3.8) is 0 Å². The van der Waals surface area contributed by atoms with E-state index in [4.69, 9.17) is 14.2 Å². The highest BCUT2D eigenvalue weighted by molar-refractivity contribution is 5.72. The van der Waals surface area contributed by atoms with Gasteiger partial charge in [0.2, 0.25) is 0 Å². The van der Waals surface area contributed by atoms with E-state index in [-0.39, 0.29) is 23.8 Å². The van der Waals surface area contributed by atoms with Crippen LogP contribution in [0.25, 0.3) is 0 Å². The lowest BCUT2D eigenvalue weighted by molar-refractivity contribution is -0.149. The van der Waals surface area contributed by atoms with E-state index in [1.807, 2.05) is 27.9 Å². The molecule has 0 radical (unpaired) electrons. The SMILES string of the molecule is CC.CCCCCC.CCCCCCCCCC(=O)OCCCCCCCCCN(CCCCCCCCOC(=O)C(CCCCCC)CCCCCCCC)CCOC(=O)CCCN(C)C. The molecule has 67 heavy (non-hydrogen) atoms. The summed E-state index contributed by atoms with van der Waals surface area (Å²) >= 11 is 0. The maximum atomic E-state index is 13.0. The van der Waals surface area contributed by atoms with Crippen molar-refractivity contribution in [2.75, 3.05) is 60.1 Å². The van der Waals surface area contributed by atoms with Crippen LogP contribution in [0.3, 0.4) is 0 Å². The highest BCUT2D eigenvalue weighted by Crippen LogP contribution is 2.21. The Morgan fingerprint density at radius 3 is 1.12 bits per heavy atom. The third-order valence-corrected chi connectivity index (χ3v) is 12.7. The first-order valence-electron chi connectivity index (χ1n) is 29.6. The van der Waals surface area contributed by atoms with Crippen LogP contribution < -0.4 is 0 Å². The number of hydrogen-bond acceptors (Lipinski definition) is 8. The van der Waals surface area contributed by atoms with Crippen LogP contribution in [0.4, 0.5) is 0 Å². The van der Waals surface area contributed by atoms with Gasteiger partial charge in [-0.3, -0.25) is 19.3 Å². The van der Waals surface area contributed by atoms with E-state index in [9.17, 15) is 14.4 Å². The predicted octanol–water partition coefficient (Wildman–Crippen LogP) is 17.4. The van der Waals surface area contributed by atoms with Crippen molar-refractivity contribution in [2.24, 2.45) is 5.92 Å². The molecule has 0 N–H and O–H groups in total. The molecule has 0 spiro atoms. The van der Waals surface area contributed by atoms with Gasteiger partial charge in [0.05, 0.1) is 19.1 Å². The third kappa shape index (κ3) is 58.6. The number of carbonyl (C=O) groups is 3. The smallest absolute Gasteiger partial charge is 0.308 e. The van der Waals surface area contributed by atoms with Crippen LogP contribution in [0.1, 0.15) is 299 Å². The fourth-order valence-corrected chi connectivity index (χ4v) is 8.35. The Labute approximate surface area is 419 Å². The number of ether oxygens (including phenoxy) is 3. The first kappa shape index (κ1) is 69.6. The second-order valence-electron chi connectivity index (χ2n) is 19.6. The van der Waals surface area contributed by atoms with Crippen molar-refractivity contribution < 1.29 is 28.6 Å². The quantitative estimate of drug-likeness (QED) is 0.0339. The minimum atomic E-state index is -0.0827. The summed E-state index contributed by atoms with van der Waals surface area (Å²) in [5, 5.41) is 0. The van der Waals surface area contributed by atoms with Crippen LogP contribution in [0.15, 0.2) is 0 Å². The molecule has 0 aromatic heterocycles. The first-order valence-corrected chi connectivity index (χ1v) is 29.6. The largest absolute Gasteiger partial charge is 0.466 e. The molecule has 0 fully saturated rings. The molecule has 0 saturated carbocycles. The second kappa shape index (κ2) is 60.5. The molecule has 8 heteroatoms. The van der Waals surface area contributed by atoms with Gasteiger partial charge in [0, 0.05) is 19.4 Å². The number of carbonyl (C=O) groups excluding carboxylic acids is 3. The maximum Gasteiger partial charge on any atom is 0.308 e. The van der Waals surface area contributed by atoms with Crippen molar-refractivity contribution in [3.05, 3.63) is 0 Å². The Kier molecular flexibility index (Phi) is 62.8. The first-order chi connectivity index (χ1) is 32.7. The molecule has 8 nitrogen and oxygen atoms in total. The van der Waals surface area contributed by atoms with Gasteiger partial charge in [-0.1, -0.05) is 235 Å². The van der Waals surface area contributed by atoms with Gasteiger partial charge < -0.3 is 19.1 Å². The predicted molar refractivity (Wildman–Crippen MR) is 291 cm³/mol. The van der Waals surface area contributed by atoms with Crippen molar-refractivity contribution in [3.8, 4) is 0 Å². The molecule has 0 aliphatic carbocycles.